The van der Waals surface area contributed by atoms with E-state index in [4.69, 9.17) is 14.6 Å². The lowest BCUT2D eigenvalue weighted by Crippen LogP contribution is -2.41. The largest absolute Gasteiger partial charge is 0.482 e. The molecule has 0 aliphatic carbocycles. The number of hydrogen-bond acceptors (Lipinski definition) is 4. The van der Waals surface area contributed by atoms with Crippen molar-refractivity contribution < 1.29 is 24.2 Å². The second kappa shape index (κ2) is 7.49. The van der Waals surface area contributed by atoms with Gasteiger partial charge in [0, 0.05) is 25.4 Å². The highest BCUT2D eigenvalue weighted by Crippen LogP contribution is 2.17. The molecule has 0 fully saturated rings. The van der Waals surface area contributed by atoms with Crippen LogP contribution in [0.15, 0.2) is 24.3 Å². The highest BCUT2D eigenvalue weighted by atomic mass is 16.5. The molecule has 1 aromatic rings. The molecule has 116 valence electrons. The Kier molecular flexibility index (Phi) is 5.98. The number of carbonyl (C=O) groups excluding carboxylic acids is 1. The molecule has 1 rings (SSSR count). The number of aliphatic carboxylic acids is 1. The van der Waals surface area contributed by atoms with E-state index in [1.165, 1.54) is 0 Å². The topological polar surface area (TPSA) is 96.9 Å². The van der Waals surface area contributed by atoms with E-state index in [1.807, 2.05) is 13.8 Å². The van der Waals surface area contributed by atoms with Crippen LogP contribution in [-0.2, 0) is 9.53 Å². The zero-order chi connectivity index (χ0) is 15.9. The summed E-state index contributed by atoms with van der Waals surface area (Å²) in [5.41, 5.74) is 0.0506. The van der Waals surface area contributed by atoms with Crippen LogP contribution < -0.4 is 15.4 Å². The average Bonchev–Trinajstić information content (AvgIpc) is 2.43. The molecule has 1 aromatic carbocycles. The lowest BCUT2D eigenvalue weighted by molar-refractivity contribution is -0.139. The quantitative estimate of drug-likeness (QED) is 0.711. The molecule has 0 saturated heterocycles. The Hall–Kier alpha value is -2.28. The summed E-state index contributed by atoms with van der Waals surface area (Å²) in [5.74, 6) is -0.694. The van der Waals surface area contributed by atoms with Crippen LogP contribution in [0.25, 0.3) is 0 Å². The first kappa shape index (κ1) is 16.8. The van der Waals surface area contributed by atoms with E-state index in [-0.39, 0.29) is 6.03 Å². The first-order valence-electron chi connectivity index (χ1n) is 6.37. The number of rotatable bonds is 7. The molecule has 2 amide bonds. The van der Waals surface area contributed by atoms with Gasteiger partial charge in [-0.05, 0) is 26.0 Å². The Morgan fingerprint density at radius 3 is 2.67 bits per heavy atom. The molecule has 21 heavy (non-hydrogen) atoms. The fraction of sp³-hybridized carbons (Fsp3) is 0.429. The number of urea groups is 1. The average molecular weight is 296 g/mol. The van der Waals surface area contributed by atoms with Crippen LogP contribution in [0.2, 0.25) is 0 Å². The number of carboxylic acids is 1. The third-order valence-electron chi connectivity index (χ3n) is 2.68. The molecular formula is C14H20N2O5. The molecule has 0 aliphatic rings. The maximum absolute atomic E-state index is 11.7. The molecule has 0 saturated carbocycles. The smallest absolute Gasteiger partial charge is 0.341 e. The fourth-order valence-electron chi connectivity index (χ4n) is 1.35. The Balaban J connectivity index is 2.52. The maximum atomic E-state index is 11.7. The summed E-state index contributed by atoms with van der Waals surface area (Å²) in [4.78, 5) is 22.2. The summed E-state index contributed by atoms with van der Waals surface area (Å²) in [5, 5.41) is 13.9. The highest BCUT2D eigenvalue weighted by molar-refractivity contribution is 5.89. The maximum Gasteiger partial charge on any atom is 0.341 e. The van der Waals surface area contributed by atoms with Crippen LogP contribution in [0.5, 0.6) is 5.75 Å². The number of nitrogens with one attached hydrogen (secondary N) is 2. The van der Waals surface area contributed by atoms with Gasteiger partial charge in [-0.3, -0.25) is 0 Å². The summed E-state index contributed by atoms with van der Waals surface area (Å²) in [6.45, 7) is 3.63. The van der Waals surface area contributed by atoms with E-state index in [9.17, 15) is 9.59 Å². The van der Waals surface area contributed by atoms with Crippen molar-refractivity contribution in [1.82, 2.24) is 5.32 Å². The molecule has 7 nitrogen and oxygen atoms in total. The van der Waals surface area contributed by atoms with E-state index < -0.39 is 18.2 Å². The Labute approximate surface area is 123 Å². The lowest BCUT2D eigenvalue weighted by Gasteiger charge is -2.23. The normalized spacial score (nSPS) is 10.8. The van der Waals surface area contributed by atoms with E-state index >= 15 is 0 Å². The molecule has 0 bridgehead atoms. The van der Waals surface area contributed by atoms with Crippen molar-refractivity contribution in [3.63, 3.8) is 0 Å². The third kappa shape index (κ3) is 6.62. The van der Waals surface area contributed by atoms with Crippen LogP contribution in [-0.4, -0.2) is 43.0 Å². The Morgan fingerprint density at radius 1 is 1.33 bits per heavy atom. The molecule has 0 atom stereocenters. The molecule has 0 radical (unpaired) electrons. The first-order chi connectivity index (χ1) is 9.82. The molecular weight excluding hydrogens is 276 g/mol. The number of carboxylic acid groups (broad SMARTS) is 1. The zero-order valence-electron chi connectivity index (χ0n) is 12.3. The van der Waals surface area contributed by atoms with Gasteiger partial charge in [0.15, 0.2) is 6.61 Å². The minimum Gasteiger partial charge on any atom is -0.482 e. The van der Waals surface area contributed by atoms with Gasteiger partial charge in [0.2, 0.25) is 0 Å². The Morgan fingerprint density at radius 2 is 2.05 bits per heavy atom. The van der Waals surface area contributed by atoms with Gasteiger partial charge < -0.3 is 25.2 Å². The molecule has 0 heterocycles. The summed E-state index contributed by atoms with van der Waals surface area (Å²) in [7, 11) is 1.57. The fourth-order valence-corrected chi connectivity index (χ4v) is 1.35. The second-order valence-electron chi connectivity index (χ2n) is 4.98. The molecule has 0 aliphatic heterocycles. The van der Waals surface area contributed by atoms with Gasteiger partial charge >= 0.3 is 12.0 Å². The van der Waals surface area contributed by atoms with E-state index in [0.29, 0.717) is 18.0 Å². The molecule has 7 heteroatoms. The van der Waals surface area contributed by atoms with E-state index in [0.717, 1.165) is 0 Å². The standard InChI is InChI=1S/C14H20N2O5/c1-14(2,20-3)9-15-13(19)16-10-5-4-6-11(7-10)21-8-12(17)18/h4-7H,8-9H2,1-3H3,(H,17,18)(H2,15,16,19). The summed E-state index contributed by atoms with van der Waals surface area (Å²) < 4.78 is 10.2. The minimum atomic E-state index is -1.06. The highest BCUT2D eigenvalue weighted by Gasteiger charge is 2.17. The van der Waals surface area contributed by atoms with Crippen molar-refractivity contribution in [3.8, 4) is 5.75 Å². The van der Waals surface area contributed by atoms with Gasteiger partial charge in [-0.15, -0.1) is 0 Å². The monoisotopic (exact) mass is 296 g/mol. The van der Waals surface area contributed by atoms with Gasteiger partial charge in [-0.25, -0.2) is 9.59 Å². The van der Waals surface area contributed by atoms with Gasteiger partial charge in [0.05, 0.1) is 5.60 Å². The number of benzene rings is 1. The third-order valence-corrected chi connectivity index (χ3v) is 2.68. The number of ether oxygens (including phenoxy) is 2. The predicted molar refractivity (Wildman–Crippen MR) is 77.7 cm³/mol. The van der Waals surface area contributed by atoms with Crippen molar-refractivity contribution in [2.75, 3.05) is 25.6 Å². The number of amides is 2. The SMILES string of the molecule is COC(C)(C)CNC(=O)Nc1cccc(OCC(=O)O)c1. The van der Waals surface area contributed by atoms with Crippen LogP contribution in [0, 0.1) is 0 Å². The lowest BCUT2D eigenvalue weighted by atomic mass is 10.1. The van der Waals surface area contributed by atoms with Gasteiger partial charge in [0.1, 0.15) is 5.75 Å². The Bertz CT molecular complexity index is 502. The summed E-state index contributed by atoms with van der Waals surface area (Å²) in [6.07, 6.45) is 0. The second-order valence-corrected chi connectivity index (χ2v) is 4.98. The van der Waals surface area contributed by atoms with Crippen LogP contribution in [0.3, 0.4) is 0 Å². The van der Waals surface area contributed by atoms with Crippen molar-refractivity contribution in [2.24, 2.45) is 0 Å². The minimum absolute atomic E-state index is 0.352. The van der Waals surface area contributed by atoms with Crippen molar-refractivity contribution in [1.29, 1.82) is 0 Å². The number of carbonyl (C=O) groups is 2. The summed E-state index contributed by atoms with van der Waals surface area (Å²) >= 11 is 0. The number of anilines is 1. The number of methoxy groups -OCH3 is 1. The van der Waals surface area contributed by atoms with E-state index in [1.54, 1.807) is 31.4 Å². The molecule has 0 aromatic heterocycles. The van der Waals surface area contributed by atoms with Gasteiger partial charge in [-0.2, -0.15) is 0 Å². The summed E-state index contributed by atoms with van der Waals surface area (Å²) in [6, 6.07) is 6.11. The van der Waals surface area contributed by atoms with Crippen molar-refractivity contribution in [3.05, 3.63) is 24.3 Å². The van der Waals surface area contributed by atoms with Crippen molar-refractivity contribution in [2.45, 2.75) is 19.4 Å². The van der Waals surface area contributed by atoms with Crippen LogP contribution >= 0.6 is 0 Å². The van der Waals surface area contributed by atoms with Gasteiger partial charge in [0.25, 0.3) is 0 Å². The number of hydrogen-bond donors (Lipinski definition) is 3. The molecule has 0 spiro atoms. The molecule has 3 N–H and O–H groups in total. The first-order valence-corrected chi connectivity index (χ1v) is 6.37. The van der Waals surface area contributed by atoms with E-state index in [2.05, 4.69) is 10.6 Å². The zero-order valence-corrected chi connectivity index (χ0v) is 12.3. The predicted octanol–water partition coefficient (Wildman–Crippen LogP) is 1.70. The van der Waals surface area contributed by atoms with Crippen LogP contribution in [0.4, 0.5) is 10.5 Å². The van der Waals surface area contributed by atoms with Crippen molar-refractivity contribution >= 4 is 17.7 Å². The molecule has 0 unspecified atom stereocenters. The van der Waals surface area contributed by atoms with Crippen LogP contribution in [0.1, 0.15) is 13.8 Å². The van der Waals surface area contributed by atoms with Gasteiger partial charge in [-0.1, -0.05) is 6.07 Å².